The molecule has 1 aliphatic heterocycles. The van der Waals surface area contributed by atoms with Gasteiger partial charge in [-0.2, -0.15) is 4.68 Å². The lowest BCUT2D eigenvalue weighted by Crippen LogP contribution is -2.46. The maximum atomic E-state index is 12.4. The van der Waals surface area contributed by atoms with Gasteiger partial charge in [-0.1, -0.05) is 0 Å². The zero-order chi connectivity index (χ0) is 17.1. The SMILES string of the molecule is COc1ccc(NC(=O)N2CCO[C@@H](C)C2)cc1-n1nnnc1C. The molecule has 0 saturated carbocycles. The summed E-state index contributed by atoms with van der Waals surface area (Å²) in [4.78, 5) is 14.1. The highest BCUT2D eigenvalue weighted by molar-refractivity contribution is 5.90. The van der Waals surface area contributed by atoms with Gasteiger partial charge in [-0.15, -0.1) is 5.10 Å². The Kier molecular flexibility index (Phi) is 4.61. The van der Waals surface area contributed by atoms with Gasteiger partial charge >= 0.3 is 6.03 Å². The summed E-state index contributed by atoms with van der Waals surface area (Å²) in [6.45, 7) is 5.43. The van der Waals surface area contributed by atoms with Gasteiger partial charge in [0.05, 0.1) is 19.8 Å². The zero-order valence-corrected chi connectivity index (χ0v) is 13.9. The Balaban J connectivity index is 1.82. The van der Waals surface area contributed by atoms with Crippen molar-refractivity contribution in [2.45, 2.75) is 20.0 Å². The number of urea groups is 1. The van der Waals surface area contributed by atoms with E-state index < -0.39 is 0 Å². The van der Waals surface area contributed by atoms with Crippen LogP contribution >= 0.6 is 0 Å². The number of amides is 2. The maximum Gasteiger partial charge on any atom is 0.322 e. The molecule has 1 aliphatic rings. The van der Waals surface area contributed by atoms with Crippen molar-refractivity contribution < 1.29 is 14.3 Å². The van der Waals surface area contributed by atoms with Crippen molar-refractivity contribution in [2.75, 3.05) is 32.1 Å². The molecule has 0 unspecified atom stereocenters. The number of rotatable bonds is 3. The number of benzene rings is 1. The van der Waals surface area contributed by atoms with Crippen molar-refractivity contribution in [1.82, 2.24) is 25.1 Å². The molecule has 0 aliphatic carbocycles. The Labute approximate surface area is 139 Å². The first-order chi connectivity index (χ1) is 11.6. The average Bonchev–Trinajstić information content (AvgIpc) is 3.00. The molecule has 1 aromatic carbocycles. The largest absolute Gasteiger partial charge is 0.494 e. The summed E-state index contributed by atoms with van der Waals surface area (Å²) in [5, 5.41) is 14.4. The molecule has 9 heteroatoms. The molecule has 1 aromatic heterocycles. The van der Waals surface area contributed by atoms with Gasteiger partial charge in [-0.3, -0.25) is 0 Å². The first-order valence-electron chi connectivity index (χ1n) is 7.69. The second-order valence-electron chi connectivity index (χ2n) is 5.58. The van der Waals surface area contributed by atoms with Gasteiger partial charge in [0.2, 0.25) is 0 Å². The van der Waals surface area contributed by atoms with Crippen LogP contribution < -0.4 is 10.1 Å². The summed E-state index contributed by atoms with van der Waals surface area (Å²) >= 11 is 0. The van der Waals surface area contributed by atoms with Crippen LogP contribution in [0.5, 0.6) is 5.75 Å². The van der Waals surface area contributed by atoms with Crippen LogP contribution in [0, 0.1) is 6.92 Å². The van der Waals surface area contributed by atoms with E-state index in [9.17, 15) is 4.79 Å². The molecule has 128 valence electrons. The average molecular weight is 332 g/mol. The van der Waals surface area contributed by atoms with E-state index in [4.69, 9.17) is 9.47 Å². The minimum absolute atomic E-state index is 0.0415. The smallest absolute Gasteiger partial charge is 0.322 e. The summed E-state index contributed by atoms with van der Waals surface area (Å²) in [6.07, 6.45) is 0.0415. The molecule has 0 radical (unpaired) electrons. The second kappa shape index (κ2) is 6.83. The lowest BCUT2D eigenvalue weighted by molar-refractivity contribution is -0.00138. The number of nitrogens with one attached hydrogen (secondary N) is 1. The number of aromatic nitrogens is 4. The van der Waals surface area contributed by atoms with Crippen LogP contribution in [-0.4, -0.2) is 64.0 Å². The Morgan fingerprint density at radius 3 is 2.96 bits per heavy atom. The molecule has 1 N–H and O–H groups in total. The highest BCUT2D eigenvalue weighted by Crippen LogP contribution is 2.26. The monoisotopic (exact) mass is 332 g/mol. The Morgan fingerprint density at radius 1 is 1.46 bits per heavy atom. The molecule has 2 heterocycles. The minimum Gasteiger partial charge on any atom is -0.494 e. The van der Waals surface area contributed by atoms with Crippen LogP contribution in [0.2, 0.25) is 0 Å². The Bertz CT molecular complexity index is 732. The number of morpholine rings is 1. The van der Waals surface area contributed by atoms with Gasteiger partial charge in [0.1, 0.15) is 11.4 Å². The molecule has 2 aromatic rings. The number of tetrazole rings is 1. The molecule has 0 bridgehead atoms. The number of carbonyl (C=O) groups excluding carboxylic acids is 1. The van der Waals surface area contributed by atoms with Crippen molar-refractivity contribution in [2.24, 2.45) is 0 Å². The van der Waals surface area contributed by atoms with Crippen molar-refractivity contribution in [3.05, 3.63) is 24.0 Å². The Hall–Kier alpha value is -2.68. The first kappa shape index (κ1) is 16.2. The number of hydrogen-bond donors (Lipinski definition) is 1. The fraction of sp³-hybridized carbons (Fsp3) is 0.467. The van der Waals surface area contributed by atoms with Crippen LogP contribution in [0.4, 0.5) is 10.5 Å². The van der Waals surface area contributed by atoms with Gasteiger partial charge in [-0.05, 0) is 42.5 Å². The van der Waals surface area contributed by atoms with E-state index in [-0.39, 0.29) is 12.1 Å². The van der Waals surface area contributed by atoms with Crippen molar-refractivity contribution >= 4 is 11.7 Å². The van der Waals surface area contributed by atoms with E-state index in [2.05, 4.69) is 20.8 Å². The Morgan fingerprint density at radius 2 is 2.29 bits per heavy atom. The van der Waals surface area contributed by atoms with Crippen molar-refractivity contribution in [3.8, 4) is 11.4 Å². The summed E-state index contributed by atoms with van der Waals surface area (Å²) in [7, 11) is 1.58. The lowest BCUT2D eigenvalue weighted by atomic mass is 10.2. The molecule has 2 amide bonds. The normalized spacial score (nSPS) is 17.6. The topological polar surface area (TPSA) is 94.4 Å². The molecule has 0 spiro atoms. The van der Waals surface area contributed by atoms with Gasteiger partial charge in [0, 0.05) is 18.8 Å². The second-order valence-corrected chi connectivity index (χ2v) is 5.58. The van der Waals surface area contributed by atoms with Crippen LogP contribution in [0.1, 0.15) is 12.7 Å². The molecular weight excluding hydrogens is 312 g/mol. The summed E-state index contributed by atoms with van der Waals surface area (Å²) in [5.41, 5.74) is 1.30. The number of anilines is 1. The van der Waals surface area contributed by atoms with Crippen LogP contribution in [0.3, 0.4) is 0 Å². The molecule has 1 fully saturated rings. The molecule has 9 nitrogen and oxygen atoms in total. The summed E-state index contributed by atoms with van der Waals surface area (Å²) in [6, 6.07) is 5.18. The third kappa shape index (κ3) is 3.30. The number of ether oxygens (including phenoxy) is 2. The van der Waals surface area contributed by atoms with Crippen LogP contribution in [0.15, 0.2) is 18.2 Å². The number of hydrogen-bond acceptors (Lipinski definition) is 6. The van der Waals surface area contributed by atoms with E-state index in [0.29, 0.717) is 42.6 Å². The summed E-state index contributed by atoms with van der Waals surface area (Å²) in [5.74, 6) is 1.24. The fourth-order valence-corrected chi connectivity index (χ4v) is 2.59. The predicted octanol–water partition coefficient (Wildman–Crippen LogP) is 1.23. The van der Waals surface area contributed by atoms with E-state index >= 15 is 0 Å². The molecular formula is C15H20N6O3. The highest BCUT2D eigenvalue weighted by atomic mass is 16.5. The first-order valence-corrected chi connectivity index (χ1v) is 7.69. The number of methoxy groups -OCH3 is 1. The molecule has 3 rings (SSSR count). The van der Waals surface area contributed by atoms with Gasteiger partial charge < -0.3 is 19.7 Å². The molecule has 24 heavy (non-hydrogen) atoms. The van der Waals surface area contributed by atoms with E-state index in [0.717, 1.165) is 0 Å². The van der Waals surface area contributed by atoms with E-state index in [1.54, 1.807) is 41.8 Å². The highest BCUT2D eigenvalue weighted by Gasteiger charge is 2.21. The van der Waals surface area contributed by atoms with Crippen LogP contribution in [-0.2, 0) is 4.74 Å². The molecule has 1 saturated heterocycles. The van der Waals surface area contributed by atoms with E-state index in [1.807, 2.05) is 6.92 Å². The predicted molar refractivity (Wildman–Crippen MR) is 86.4 cm³/mol. The minimum atomic E-state index is -0.158. The number of carbonyl (C=O) groups is 1. The van der Waals surface area contributed by atoms with Gasteiger partial charge in [-0.25, -0.2) is 4.79 Å². The zero-order valence-electron chi connectivity index (χ0n) is 13.9. The fourth-order valence-electron chi connectivity index (χ4n) is 2.59. The lowest BCUT2D eigenvalue weighted by Gasteiger charge is -2.31. The van der Waals surface area contributed by atoms with Gasteiger partial charge in [0.25, 0.3) is 0 Å². The van der Waals surface area contributed by atoms with Crippen molar-refractivity contribution in [3.63, 3.8) is 0 Å². The van der Waals surface area contributed by atoms with E-state index in [1.165, 1.54) is 0 Å². The third-order valence-corrected chi connectivity index (χ3v) is 3.81. The third-order valence-electron chi connectivity index (χ3n) is 3.81. The standard InChI is InChI=1S/C15H20N6O3/c1-10-9-20(6-7-24-10)15(22)16-12-4-5-14(23-3)13(8-12)21-11(2)17-18-19-21/h4-5,8,10H,6-7,9H2,1-3H3,(H,16,22)/t10-/m0/s1. The number of aryl methyl sites for hydroxylation is 1. The van der Waals surface area contributed by atoms with Crippen LogP contribution in [0.25, 0.3) is 5.69 Å². The van der Waals surface area contributed by atoms with Crippen molar-refractivity contribution in [1.29, 1.82) is 0 Å². The number of nitrogens with zero attached hydrogens (tertiary/aromatic N) is 5. The van der Waals surface area contributed by atoms with Gasteiger partial charge in [0.15, 0.2) is 5.82 Å². The quantitative estimate of drug-likeness (QED) is 0.908. The maximum absolute atomic E-state index is 12.4. The summed E-state index contributed by atoms with van der Waals surface area (Å²) < 4.78 is 12.4. The molecule has 1 atom stereocenters.